The van der Waals surface area contributed by atoms with Gasteiger partial charge in [-0.05, 0) is 30.5 Å². The lowest BCUT2D eigenvalue weighted by molar-refractivity contribution is -0.219. The summed E-state index contributed by atoms with van der Waals surface area (Å²) in [7, 11) is 1.62. The fourth-order valence-corrected chi connectivity index (χ4v) is 4.75. The second-order valence-electron chi connectivity index (χ2n) is 8.33. The van der Waals surface area contributed by atoms with Gasteiger partial charge in [0, 0.05) is 12.8 Å². The average molecular weight is 421 g/mol. The molecule has 1 aromatic carbocycles. The van der Waals surface area contributed by atoms with Crippen molar-refractivity contribution < 1.29 is 33.9 Å². The lowest BCUT2D eigenvalue weighted by atomic mass is 9.84. The molecule has 0 bridgehead atoms. The van der Waals surface area contributed by atoms with Gasteiger partial charge in [0.2, 0.25) is 0 Å². The summed E-state index contributed by atoms with van der Waals surface area (Å²) in [5, 5.41) is 21.7. The number of fused-ring (bicyclic) bond motifs is 1. The maximum absolute atomic E-state index is 10.9. The van der Waals surface area contributed by atoms with Gasteiger partial charge in [0.05, 0.1) is 20.3 Å². The van der Waals surface area contributed by atoms with Crippen LogP contribution >= 0.6 is 0 Å². The largest absolute Gasteiger partial charge is 0.497 e. The molecule has 3 aliphatic rings. The molecule has 0 radical (unpaired) electrons. The minimum absolute atomic E-state index is 0.255. The first-order chi connectivity index (χ1) is 14.6. The fraction of sp³-hybridized carbons (Fsp3) is 0.652. The highest BCUT2D eigenvalue weighted by Crippen LogP contribution is 2.46. The Kier molecular flexibility index (Phi) is 6.77. The van der Waals surface area contributed by atoms with Gasteiger partial charge in [0.1, 0.15) is 42.4 Å². The van der Waals surface area contributed by atoms with Crippen molar-refractivity contribution in [1.82, 2.24) is 0 Å². The standard InChI is InChI=1S/C23H32O7/c1-3-13-27-19-17(24)18(25)20(28-14-15-7-9-16(26-2)10-8-15)22-21(19)29-23(30-22)11-5-4-6-12-23/h3,7-10,17-22,24-25H,1,4-6,11-14H2,2H3/t17-,18+,19-,20+,21+,22+/m1/s1. The molecule has 2 N–H and O–H groups in total. The van der Waals surface area contributed by atoms with Crippen molar-refractivity contribution in [2.45, 2.75) is 81.1 Å². The van der Waals surface area contributed by atoms with E-state index in [-0.39, 0.29) is 13.2 Å². The van der Waals surface area contributed by atoms with Crippen LogP contribution in [-0.2, 0) is 25.6 Å². The molecular formula is C23H32O7. The number of rotatable bonds is 7. The molecule has 1 heterocycles. The monoisotopic (exact) mass is 420 g/mol. The number of aliphatic hydroxyl groups is 2. The Morgan fingerprint density at radius 2 is 1.60 bits per heavy atom. The van der Waals surface area contributed by atoms with Crippen molar-refractivity contribution in [2.75, 3.05) is 13.7 Å². The summed E-state index contributed by atoms with van der Waals surface area (Å²) < 4.78 is 29.9. The molecule has 4 rings (SSSR count). The van der Waals surface area contributed by atoms with Crippen molar-refractivity contribution in [1.29, 1.82) is 0 Å². The van der Waals surface area contributed by atoms with E-state index in [1.165, 1.54) is 0 Å². The highest BCUT2D eigenvalue weighted by molar-refractivity contribution is 5.26. The first-order valence-electron chi connectivity index (χ1n) is 10.8. The van der Waals surface area contributed by atoms with E-state index in [2.05, 4.69) is 6.58 Å². The second-order valence-corrected chi connectivity index (χ2v) is 8.33. The number of methoxy groups -OCH3 is 1. The Labute approximate surface area is 177 Å². The third kappa shape index (κ3) is 4.28. The first kappa shape index (κ1) is 21.7. The van der Waals surface area contributed by atoms with Crippen LogP contribution < -0.4 is 4.74 Å². The average Bonchev–Trinajstić information content (AvgIpc) is 3.12. The summed E-state index contributed by atoms with van der Waals surface area (Å²) in [6.07, 6.45) is 1.67. The minimum atomic E-state index is -1.15. The highest BCUT2D eigenvalue weighted by Gasteiger charge is 2.61. The van der Waals surface area contributed by atoms with Crippen LogP contribution in [0.25, 0.3) is 0 Å². The van der Waals surface area contributed by atoms with Crippen LogP contribution in [0.2, 0.25) is 0 Å². The Hall–Kier alpha value is -1.48. The van der Waals surface area contributed by atoms with Crippen molar-refractivity contribution in [3.63, 3.8) is 0 Å². The topological polar surface area (TPSA) is 86.6 Å². The maximum Gasteiger partial charge on any atom is 0.169 e. The lowest BCUT2D eigenvalue weighted by Gasteiger charge is -2.42. The van der Waals surface area contributed by atoms with E-state index in [4.69, 9.17) is 23.7 Å². The van der Waals surface area contributed by atoms with E-state index in [9.17, 15) is 10.2 Å². The van der Waals surface area contributed by atoms with Gasteiger partial charge in [0.25, 0.3) is 0 Å². The van der Waals surface area contributed by atoms with Crippen LogP contribution in [0.15, 0.2) is 36.9 Å². The Balaban J connectivity index is 1.52. The van der Waals surface area contributed by atoms with E-state index in [1.807, 2.05) is 24.3 Å². The molecule has 1 spiro atoms. The number of hydrogen-bond donors (Lipinski definition) is 2. The van der Waals surface area contributed by atoms with Crippen molar-refractivity contribution >= 4 is 0 Å². The molecule has 0 unspecified atom stereocenters. The molecule has 0 amide bonds. The number of aliphatic hydroxyl groups excluding tert-OH is 2. The lowest BCUT2D eigenvalue weighted by Crippen LogP contribution is -2.64. The first-order valence-corrected chi connectivity index (χ1v) is 10.8. The third-order valence-corrected chi connectivity index (χ3v) is 6.32. The molecule has 30 heavy (non-hydrogen) atoms. The van der Waals surface area contributed by atoms with E-state index in [1.54, 1.807) is 13.2 Å². The van der Waals surface area contributed by atoms with Crippen LogP contribution in [0.5, 0.6) is 5.75 Å². The van der Waals surface area contributed by atoms with Crippen LogP contribution in [0.3, 0.4) is 0 Å². The van der Waals surface area contributed by atoms with Crippen LogP contribution in [0.1, 0.15) is 37.7 Å². The maximum atomic E-state index is 10.9. The summed E-state index contributed by atoms with van der Waals surface area (Å²) in [4.78, 5) is 0. The fourth-order valence-electron chi connectivity index (χ4n) is 4.75. The Bertz CT molecular complexity index is 700. The number of benzene rings is 1. The quantitative estimate of drug-likeness (QED) is 0.655. The minimum Gasteiger partial charge on any atom is -0.497 e. The molecule has 2 aliphatic carbocycles. The van der Waals surface area contributed by atoms with Gasteiger partial charge >= 0.3 is 0 Å². The normalized spacial score (nSPS) is 35.2. The van der Waals surface area contributed by atoms with E-state index < -0.39 is 42.4 Å². The number of hydrogen-bond acceptors (Lipinski definition) is 7. The predicted octanol–water partition coefficient (Wildman–Crippen LogP) is 2.33. The van der Waals surface area contributed by atoms with Gasteiger partial charge in [-0.2, -0.15) is 0 Å². The molecule has 1 aromatic rings. The van der Waals surface area contributed by atoms with Gasteiger partial charge in [-0.1, -0.05) is 24.6 Å². The molecule has 0 aromatic heterocycles. The zero-order valence-corrected chi connectivity index (χ0v) is 17.4. The summed E-state index contributed by atoms with van der Waals surface area (Å²) in [5.74, 6) is 0.0791. The molecule has 166 valence electrons. The van der Waals surface area contributed by atoms with Gasteiger partial charge in [-0.25, -0.2) is 0 Å². The molecule has 7 nitrogen and oxygen atoms in total. The summed E-state index contributed by atoms with van der Waals surface area (Å²) in [6.45, 7) is 4.20. The van der Waals surface area contributed by atoms with E-state index >= 15 is 0 Å². The van der Waals surface area contributed by atoms with Crippen molar-refractivity contribution in [2.24, 2.45) is 0 Å². The van der Waals surface area contributed by atoms with Gasteiger partial charge in [-0.3, -0.25) is 0 Å². The molecule has 7 heteroatoms. The van der Waals surface area contributed by atoms with Crippen molar-refractivity contribution in [3.05, 3.63) is 42.5 Å². The molecule has 1 saturated heterocycles. The van der Waals surface area contributed by atoms with Crippen LogP contribution in [-0.4, -0.2) is 66.3 Å². The summed E-state index contributed by atoms with van der Waals surface area (Å²) in [5.41, 5.74) is 0.936. The molecular weight excluding hydrogens is 388 g/mol. The third-order valence-electron chi connectivity index (χ3n) is 6.32. The van der Waals surface area contributed by atoms with Crippen molar-refractivity contribution in [3.8, 4) is 5.75 Å². The summed E-state index contributed by atoms with van der Waals surface area (Å²) >= 11 is 0. The molecule has 6 atom stereocenters. The van der Waals surface area contributed by atoms with Crippen LogP contribution in [0, 0.1) is 0 Å². The Morgan fingerprint density at radius 3 is 2.17 bits per heavy atom. The zero-order valence-electron chi connectivity index (χ0n) is 17.4. The summed E-state index contributed by atoms with van der Waals surface area (Å²) in [6, 6.07) is 7.54. The van der Waals surface area contributed by atoms with Gasteiger partial charge < -0.3 is 33.9 Å². The zero-order chi connectivity index (χ0) is 21.1. The van der Waals surface area contributed by atoms with E-state index in [0.717, 1.165) is 43.4 Å². The predicted molar refractivity (Wildman–Crippen MR) is 109 cm³/mol. The van der Waals surface area contributed by atoms with Gasteiger partial charge in [-0.15, -0.1) is 6.58 Å². The van der Waals surface area contributed by atoms with Gasteiger partial charge in [0.15, 0.2) is 5.79 Å². The van der Waals surface area contributed by atoms with E-state index in [0.29, 0.717) is 0 Å². The second kappa shape index (κ2) is 9.34. The molecule has 3 fully saturated rings. The smallest absolute Gasteiger partial charge is 0.169 e. The molecule has 1 aliphatic heterocycles. The van der Waals surface area contributed by atoms with Crippen LogP contribution in [0.4, 0.5) is 0 Å². The Morgan fingerprint density at radius 1 is 1.00 bits per heavy atom. The number of ether oxygens (including phenoxy) is 5. The molecule has 2 saturated carbocycles. The highest BCUT2D eigenvalue weighted by atomic mass is 16.8. The SMILES string of the molecule is C=CCO[C@@H]1[C@H](O)[C@H](O)[C@H](OCc2ccc(OC)cc2)[C@@H]2OC3(CCCCC3)O[C@H]21.